The fourth-order valence-electron chi connectivity index (χ4n) is 1.53. The maximum atomic E-state index is 5.58. The normalized spacial score (nSPS) is 10.5. The largest absolute Gasteiger partial charge is 0.491 e. The van der Waals surface area contributed by atoms with Crippen LogP contribution in [-0.2, 0) is 0 Å². The van der Waals surface area contributed by atoms with Crippen molar-refractivity contribution in [2.45, 2.75) is 46.1 Å². The third-order valence-electron chi connectivity index (χ3n) is 2.34. The van der Waals surface area contributed by atoms with Crippen LogP contribution in [0.4, 0.5) is 5.69 Å². The molecule has 0 radical (unpaired) electrons. The number of benzene rings is 1. The number of nitrogens with one attached hydrogen (secondary N) is 1. The molecule has 0 unspecified atom stereocenters. The highest BCUT2D eigenvalue weighted by molar-refractivity contribution is 5.46. The topological polar surface area (TPSA) is 21.3 Å². The molecular formula is C14H23NO. The Labute approximate surface area is 99.0 Å². The fraction of sp³-hybridized carbons (Fsp3) is 0.571. The summed E-state index contributed by atoms with van der Waals surface area (Å²) in [5.41, 5.74) is 1.17. The summed E-state index contributed by atoms with van der Waals surface area (Å²) in [6.07, 6.45) is 4.04. The van der Waals surface area contributed by atoms with Gasteiger partial charge in [0.2, 0.25) is 0 Å². The van der Waals surface area contributed by atoms with Gasteiger partial charge in [-0.15, -0.1) is 0 Å². The summed E-state index contributed by atoms with van der Waals surface area (Å²) >= 11 is 0. The molecule has 0 bridgehead atoms. The van der Waals surface area contributed by atoms with Crippen LogP contribution in [0.15, 0.2) is 24.3 Å². The molecule has 0 atom stereocenters. The van der Waals surface area contributed by atoms with E-state index in [0.29, 0.717) is 0 Å². The predicted molar refractivity (Wildman–Crippen MR) is 70.2 cm³/mol. The van der Waals surface area contributed by atoms with Crippen LogP contribution in [0.1, 0.15) is 40.0 Å². The average molecular weight is 221 g/mol. The molecule has 0 heterocycles. The summed E-state index contributed by atoms with van der Waals surface area (Å²) in [4.78, 5) is 0. The van der Waals surface area contributed by atoms with E-state index in [1.54, 1.807) is 0 Å². The molecular weight excluding hydrogens is 198 g/mol. The molecule has 2 nitrogen and oxygen atoms in total. The van der Waals surface area contributed by atoms with Gasteiger partial charge in [0, 0.05) is 12.2 Å². The fourth-order valence-corrected chi connectivity index (χ4v) is 1.53. The standard InChI is InChI=1S/C14H23NO/c1-4-5-6-11-15-13-7-9-14(10-8-13)16-12(2)3/h7-10,12,15H,4-6,11H2,1-3H3. The van der Waals surface area contributed by atoms with E-state index < -0.39 is 0 Å². The molecule has 16 heavy (non-hydrogen) atoms. The number of unbranched alkanes of at least 4 members (excludes halogenated alkanes) is 2. The Balaban J connectivity index is 2.33. The summed E-state index contributed by atoms with van der Waals surface area (Å²) in [7, 11) is 0. The van der Waals surface area contributed by atoms with Crippen molar-refractivity contribution >= 4 is 5.69 Å². The first-order valence-electron chi connectivity index (χ1n) is 6.23. The second kappa shape index (κ2) is 7.15. The van der Waals surface area contributed by atoms with Crippen molar-refractivity contribution in [1.82, 2.24) is 0 Å². The van der Waals surface area contributed by atoms with Crippen molar-refractivity contribution in [3.05, 3.63) is 24.3 Å². The molecule has 1 N–H and O–H groups in total. The van der Waals surface area contributed by atoms with Crippen molar-refractivity contribution in [3.8, 4) is 5.75 Å². The molecule has 0 aromatic heterocycles. The Kier molecular flexibility index (Phi) is 5.76. The molecule has 0 fully saturated rings. The van der Waals surface area contributed by atoms with E-state index in [2.05, 4.69) is 24.4 Å². The second-order valence-electron chi connectivity index (χ2n) is 4.32. The molecule has 0 aliphatic rings. The van der Waals surface area contributed by atoms with Gasteiger partial charge < -0.3 is 10.1 Å². The highest BCUT2D eigenvalue weighted by Gasteiger charge is 1.97. The van der Waals surface area contributed by atoms with Gasteiger partial charge in [-0.2, -0.15) is 0 Å². The van der Waals surface area contributed by atoms with Crippen LogP contribution >= 0.6 is 0 Å². The average Bonchev–Trinajstić information content (AvgIpc) is 2.26. The van der Waals surface area contributed by atoms with Gasteiger partial charge in [-0.3, -0.25) is 0 Å². The molecule has 90 valence electrons. The van der Waals surface area contributed by atoms with Gasteiger partial charge in [-0.25, -0.2) is 0 Å². The van der Waals surface area contributed by atoms with Crippen molar-refractivity contribution in [1.29, 1.82) is 0 Å². The second-order valence-corrected chi connectivity index (χ2v) is 4.32. The minimum absolute atomic E-state index is 0.239. The summed E-state index contributed by atoms with van der Waals surface area (Å²) in [6.45, 7) is 7.35. The Morgan fingerprint density at radius 3 is 2.38 bits per heavy atom. The molecule has 1 aromatic carbocycles. The summed E-state index contributed by atoms with van der Waals surface area (Å²) in [6, 6.07) is 8.18. The van der Waals surface area contributed by atoms with E-state index in [9.17, 15) is 0 Å². The summed E-state index contributed by atoms with van der Waals surface area (Å²) < 4.78 is 5.58. The highest BCUT2D eigenvalue weighted by Crippen LogP contribution is 2.16. The van der Waals surface area contributed by atoms with Gasteiger partial charge in [0.05, 0.1) is 6.10 Å². The van der Waals surface area contributed by atoms with Crippen LogP contribution in [0.25, 0.3) is 0 Å². The lowest BCUT2D eigenvalue weighted by atomic mass is 10.2. The van der Waals surface area contributed by atoms with E-state index >= 15 is 0 Å². The molecule has 1 aromatic rings. The number of anilines is 1. The van der Waals surface area contributed by atoms with E-state index in [1.165, 1.54) is 24.9 Å². The van der Waals surface area contributed by atoms with Crippen LogP contribution < -0.4 is 10.1 Å². The maximum Gasteiger partial charge on any atom is 0.119 e. The molecule has 1 rings (SSSR count). The zero-order valence-corrected chi connectivity index (χ0v) is 10.6. The molecule has 0 spiro atoms. The van der Waals surface area contributed by atoms with Crippen molar-refractivity contribution < 1.29 is 4.74 Å². The molecule has 2 heteroatoms. The quantitative estimate of drug-likeness (QED) is 0.701. The minimum atomic E-state index is 0.239. The monoisotopic (exact) mass is 221 g/mol. The summed E-state index contributed by atoms with van der Waals surface area (Å²) in [5, 5.41) is 3.40. The molecule has 0 aliphatic heterocycles. The van der Waals surface area contributed by atoms with E-state index in [-0.39, 0.29) is 6.10 Å². The van der Waals surface area contributed by atoms with Gasteiger partial charge >= 0.3 is 0 Å². The van der Waals surface area contributed by atoms with Crippen LogP contribution in [0.2, 0.25) is 0 Å². The van der Waals surface area contributed by atoms with Gasteiger partial charge in [0.1, 0.15) is 5.75 Å². The molecule has 0 saturated carbocycles. The maximum absolute atomic E-state index is 5.58. The number of rotatable bonds is 7. The molecule has 0 saturated heterocycles. The van der Waals surface area contributed by atoms with Gasteiger partial charge in [-0.05, 0) is 44.5 Å². The van der Waals surface area contributed by atoms with Crippen molar-refractivity contribution in [2.24, 2.45) is 0 Å². The van der Waals surface area contributed by atoms with Gasteiger partial charge in [0.15, 0.2) is 0 Å². The Bertz CT molecular complexity index is 279. The first kappa shape index (κ1) is 12.9. The van der Waals surface area contributed by atoms with E-state index in [4.69, 9.17) is 4.74 Å². The summed E-state index contributed by atoms with van der Waals surface area (Å²) in [5.74, 6) is 0.939. The van der Waals surface area contributed by atoms with E-state index in [0.717, 1.165) is 12.3 Å². The van der Waals surface area contributed by atoms with Crippen molar-refractivity contribution in [3.63, 3.8) is 0 Å². The minimum Gasteiger partial charge on any atom is -0.491 e. The first-order chi connectivity index (χ1) is 7.72. The third kappa shape index (κ3) is 5.06. The van der Waals surface area contributed by atoms with Gasteiger partial charge in [-0.1, -0.05) is 19.8 Å². The van der Waals surface area contributed by atoms with Crippen LogP contribution in [0, 0.1) is 0 Å². The number of ether oxygens (including phenoxy) is 1. The highest BCUT2D eigenvalue weighted by atomic mass is 16.5. The van der Waals surface area contributed by atoms with Gasteiger partial charge in [0.25, 0.3) is 0 Å². The molecule has 0 aliphatic carbocycles. The SMILES string of the molecule is CCCCCNc1ccc(OC(C)C)cc1. The van der Waals surface area contributed by atoms with Crippen LogP contribution in [0.3, 0.4) is 0 Å². The number of hydrogen-bond acceptors (Lipinski definition) is 2. The zero-order valence-electron chi connectivity index (χ0n) is 10.6. The lowest BCUT2D eigenvalue weighted by molar-refractivity contribution is 0.242. The predicted octanol–water partition coefficient (Wildman–Crippen LogP) is 4.08. The van der Waals surface area contributed by atoms with Crippen LogP contribution in [0.5, 0.6) is 5.75 Å². The number of hydrogen-bond donors (Lipinski definition) is 1. The van der Waals surface area contributed by atoms with E-state index in [1.807, 2.05) is 26.0 Å². The first-order valence-corrected chi connectivity index (χ1v) is 6.23. The Hall–Kier alpha value is -1.18. The Morgan fingerprint density at radius 2 is 1.81 bits per heavy atom. The lowest BCUT2D eigenvalue weighted by Crippen LogP contribution is -2.05. The smallest absolute Gasteiger partial charge is 0.119 e. The van der Waals surface area contributed by atoms with Crippen molar-refractivity contribution in [2.75, 3.05) is 11.9 Å². The van der Waals surface area contributed by atoms with Crippen LogP contribution in [-0.4, -0.2) is 12.6 Å². The molecule has 0 amide bonds. The zero-order chi connectivity index (χ0) is 11.8. The Morgan fingerprint density at radius 1 is 1.12 bits per heavy atom. The third-order valence-corrected chi connectivity index (χ3v) is 2.34. The lowest BCUT2D eigenvalue weighted by Gasteiger charge is -2.11.